The molecule has 4 rings (SSSR count). The van der Waals surface area contributed by atoms with Gasteiger partial charge in [-0.05, 0) is 63.2 Å². The van der Waals surface area contributed by atoms with Crippen molar-refractivity contribution in [1.82, 2.24) is 20.2 Å². The molecule has 1 amide bonds. The van der Waals surface area contributed by atoms with Gasteiger partial charge in [-0.3, -0.25) is 9.59 Å². The molecule has 174 valence electrons. The van der Waals surface area contributed by atoms with E-state index in [2.05, 4.69) is 34.2 Å². The predicted octanol–water partition coefficient (Wildman–Crippen LogP) is 4.05. The number of thiophene rings is 1. The number of aryl methyl sites for hydroxylation is 1. The number of ketones is 1. The van der Waals surface area contributed by atoms with E-state index >= 15 is 0 Å². The van der Waals surface area contributed by atoms with Gasteiger partial charge in [-0.1, -0.05) is 18.7 Å². The molecule has 1 saturated heterocycles. The minimum Gasteiger partial charge on any atom is -0.497 e. The molecule has 2 atom stereocenters. The summed E-state index contributed by atoms with van der Waals surface area (Å²) in [6.07, 6.45) is 0.939. The Kier molecular flexibility index (Phi) is 7.31. The molecule has 0 aliphatic carbocycles. The van der Waals surface area contributed by atoms with Gasteiger partial charge in [0.1, 0.15) is 16.6 Å². The molecule has 1 fully saturated rings. The number of methoxy groups -OCH3 is 1. The van der Waals surface area contributed by atoms with Gasteiger partial charge in [-0.15, -0.1) is 11.3 Å². The highest BCUT2D eigenvalue weighted by Crippen LogP contribution is 2.30. The molecule has 1 aliphatic rings. The molecule has 2 aromatic heterocycles. The summed E-state index contributed by atoms with van der Waals surface area (Å²) in [7, 11) is 3.72. The number of Topliss-reactive ketones (excluding diaryl/α,β-unsaturated/α-hetero) is 1. The monoisotopic (exact) mass is 484 g/mol. The Hall–Kier alpha value is -2.49. The Balaban J connectivity index is 1.42. The number of rotatable bonds is 7. The van der Waals surface area contributed by atoms with Crippen LogP contribution in [0.1, 0.15) is 38.5 Å². The molecule has 9 heteroatoms. The van der Waals surface area contributed by atoms with E-state index in [-0.39, 0.29) is 23.5 Å². The number of thioether (sulfide) groups is 1. The van der Waals surface area contributed by atoms with Crippen molar-refractivity contribution in [1.29, 1.82) is 0 Å². The lowest BCUT2D eigenvalue weighted by Crippen LogP contribution is -2.48. The van der Waals surface area contributed by atoms with Crippen LogP contribution >= 0.6 is 23.1 Å². The van der Waals surface area contributed by atoms with Gasteiger partial charge in [0, 0.05) is 18.0 Å². The Bertz CT molecular complexity index is 1180. The van der Waals surface area contributed by atoms with Gasteiger partial charge in [0.05, 0.1) is 28.1 Å². The Morgan fingerprint density at radius 3 is 2.79 bits per heavy atom. The number of hydrogen-bond acceptors (Lipinski definition) is 8. The molecule has 0 unspecified atom stereocenters. The molecule has 33 heavy (non-hydrogen) atoms. The number of ether oxygens (including phenoxy) is 1. The number of piperidine rings is 1. The number of amides is 1. The SMILES string of the molecule is COc1ccc2nc(C)nc(SCC(=O)c3ccc(C(=O)N[C@@H]4CCN(C)C[C@H]4C)s3)c2c1. The van der Waals surface area contributed by atoms with E-state index in [9.17, 15) is 9.59 Å². The highest BCUT2D eigenvalue weighted by molar-refractivity contribution is 8.00. The predicted molar refractivity (Wildman–Crippen MR) is 133 cm³/mol. The number of aromatic nitrogens is 2. The van der Waals surface area contributed by atoms with E-state index in [4.69, 9.17) is 4.74 Å². The van der Waals surface area contributed by atoms with Crippen LogP contribution in [0.3, 0.4) is 0 Å². The molecular weight excluding hydrogens is 456 g/mol. The van der Waals surface area contributed by atoms with Gasteiger partial charge in [-0.2, -0.15) is 0 Å². The second kappa shape index (κ2) is 10.2. The molecule has 0 bridgehead atoms. The first-order chi connectivity index (χ1) is 15.8. The molecule has 0 radical (unpaired) electrons. The quantitative estimate of drug-likeness (QED) is 0.308. The van der Waals surface area contributed by atoms with Crippen molar-refractivity contribution < 1.29 is 14.3 Å². The lowest BCUT2D eigenvalue weighted by atomic mass is 9.94. The topological polar surface area (TPSA) is 84.4 Å². The van der Waals surface area contributed by atoms with Gasteiger partial charge in [0.15, 0.2) is 5.78 Å². The highest BCUT2D eigenvalue weighted by atomic mass is 32.2. The molecule has 3 heterocycles. The van der Waals surface area contributed by atoms with E-state index in [1.165, 1.54) is 23.1 Å². The summed E-state index contributed by atoms with van der Waals surface area (Å²) in [4.78, 5) is 38.0. The van der Waals surface area contributed by atoms with Crippen LogP contribution in [0.5, 0.6) is 5.75 Å². The molecule has 7 nitrogen and oxygen atoms in total. The van der Waals surface area contributed by atoms with Crippen molar-refractivity contribution in [2.24, 2.45) is 5.92 Å². The summed E-state index contributed by atoms with van der Waals surface area (Å²) < 4.78 is 5.32. The maximum Gasteiger partial charge on any atom is 0.261 e. The van der Waals surface area contributed by atoms with Gasteiger partial charge >= 0.3 is 0 Å². The molecule has 1 N–H and O–H groups in total. The van der Waals surface area contributed by atoms with E-state index in [1.54, 1.807) is 19.2 Å². The fraction of sp³-hybridized carbons (Fsp3) is 0.417. The lowest BCUT2D eigenvalue weighted by Gasteiger charge is -2.35. The summed E-state index contributed by atoms with van der Waals surface area (Å²) in [5.74, 6) is 1.88. The second-order valence-electron chi connectivity index (χ2n) is 8.44. The fourth-order valence-electron chi connectivity index (χ4n) is 4.05. The van der Waals surface area contributed by atoms with E-state index in [0.717, 1.165) is 41.2 Å². The molecule has 3 aromatic rings. The summed E-state index contributed by atoms with van der Waals surface area (Å²) >= 11 is 2.63. The summed E-state index contributed by atoms with van der Waals surface area (Å²) in [6, 6.07) is 9.29. The van der Waals surface area contributed by atoms with E-state index < -0.39 is 0 Å². The smallest absolute Gasteiger partial charge is 0.261 e. The maximum absolute atomic E-state index is 12.9. The molecule has 1 aromatic carbocycles. The van der Waals surface area contributed by atoms with Crippen LogP contribution in [0, 0.1) is 12.8 Å². The summed E-state index contributed by atoms with van der Waals surface area (Å²) in [5, 5.41) is 4.76. The average Bonchev–Trinajstić information content (AvgIpc) is 3.29. The van der Waals surface area contributed by atoms with Crippen molar-refractivity contribution in [3.8, 4) is 5.75 Å². The number of fused-ring (bicyclic) bond motifs is 1. The molecule has 0 saturated carbocycles. The molecular formula is C24H28N4O3S2. The van der Waals surface area contributed by atoms with Crippen LogP contribution in [0.25, 0.3) is 10.9 Å². The highest BCUT2D eigenvalue weighted by Gasteiger charge is 2.26. The van der Waals surface area contributed by atoms with Crippen LogP contribution in [-0.2, 0) is 0 Å². The first-order valence-corrected chi connectivity index (χ1v) is 12.7. The third-order valence-electron chi connectivity index (χ3n) is 5.85. The average molecular weight is 485 g/mol. The van der Waals surface area contributed by atoms with Crippen molar-refractivity contribution >= 4 is 45.7 Å². The van der Waals surface area contributed by atoms with Crippen molar-refractivity contribution in [2.75, 3.05) is 33.0 Å². The minimum absolute atomic E-state index is 0.0241. The Morgan fingerprint density at radius 1 is 1.24 bits per heavy atom. The van der Waals surface area contributed by atoms with Crippen molar-refractivity contribution in [3.63, 3.8) is 0 Å². The molecule has 1 aliphatic heterocycles. The summed E-state index contributed by atoms with van der Waals surface area (Å²) in [6.45, 7) is 5.95. The zero-order valence-corrected chi connectivity index (χ0v) is 20.9. The first kappa shape index (κ1) is 23.7. The fourth-order valence-corrected chi connectivity index (χ4v) is 5.93. The largest absolute Gasteiger partial charge is 0.497 e. The minimum atomic E-state index is -0.0994. The van der Waals surface area contributed by atoms with Gasteiger partial charge in [-0.25, -0.2) is 9.97 Å². The molecule has 0 spiro atoms. The van der Waals surface area contributed by atoms with Gasteiger partial charge in [0.2, 0.25) is 0 Å². The number of likely N-dealkylation sites (tertiary alicyclic amines) is 1. The first-order valence-electron chi connectivity index (χ1n) is 10.9. The van der Waals surface area contributed by atoms with E-state index in [1.807, 2.05) is 25.1 Å². The lowest BCUT2D eigenvalue weighted by molar-refractivity contribution is 0.0887. The zero-order valence-electron chi connectivity index (χ0n) is 19.3. The zero-order chi connectivity index (χ0) is 23.5. The number of nitrogens with zero attached hydrogens (tertiary/aromatic N) is 3. The van der Waals surface area contributed by atoms with Gasteiger partial charge in [0.25, 0.3) is 5.91 Å². The van der Waals surface area contributed by atoms with Crippen LogP contribution in [0.2, 0.25) is 0 Å². The van der Waals surface area contributed by atoms with E-state index in [0.29, 0.717) is 21.5 Å². The normalized spacial score (nSPS) is 18.9. The number of carbonyl (C=O) groups is 2. The summed E-state index contributed by atoms with van der Waals surface area (Å²) in [5.41, 5.74) is 0.816. The number of benzene rings is 1. The van der Waals surface area contributed by atoms with Gasteiger partial charge < -0.3 is 15.0 Å². The van der Waals surface area contributed by atoms with Crippen molar-refractivity contribution in [3.05, 3.63) is 45.9 Å². The maximum atomic E-state index is 12.9. The number of nitrogens with one attached hydrogen (secondary N) is 1. The standard InChI is InChI=1S/C24H28N4O3S2/c1-14-12-28(3)10-9-18(14)27-23(30)22-8-7-21(33-22)20(29)13-32-24-17-11-16(31-4)5-6-19(17)25-15(2)26-24/h5-8,11,14,18H,9-10,12-13H2,1-4H3,(H,27,30)/t14-,18-/m1/s1. The van der Waals surface area contributed by atoms with Crippen LogP contribution in [0.4, 0.5) is 0 Å². The second-order valence-corrected chi connectivity index (χ2v) is 10.5. The number of carbonyl (C=O) groups excluding carboxylic acids is 2. The van der Waals surface area contributed by atoms with Crippen LogP contribution < -0.4 is 10.1 Å². The Labute approximate surface area is 201 Å². The van der Waals surface area contributed by atoms with Crippen LogP contribution in [-0.4, -0.2) is 65.6 Å². The Morgan fingerprint density at radius 2 is 2.03 bits per heavy atom. The number of hydrogen-bond donors (Lipinski definition) is 1. The third kappa shape index (κ3) is 5.54. The van der Waals surface area contributed by atoms with Crippen LogP contribution in [0.15, 0.2) is 35.4 Å². The van der Waals surface area contributed by atoms with Crippen molar-refractivity contribution in [2.45, 2.75) is 31.3 Å². The third-order valence-corrected chi connectivity index (χ3v) is 7.97.